The third-order valence-electron chi connectivity index (χ3n) is 4.90. The van der Waals surface area contributed by atoms with E-state index in [0.717, 1.165) is 5.56 Å². The highest BCUT2D eigenvalue weighted by Crippen LogP contribution is 2.37. The van der Waals surface area contributed by atoms with Crippen LogP contribution in [0, 0.1) is 0 Å². The number of carbonyl (C=O) groups is 1. The first kappa shape index (κ1) is 19.5. The summed E-state index contributed by atoms with van der Waals surface area (Å²) < 4.78 is 27.8. The van der Waals surface area contributed by atoms with Gasteiger partial charge in [0.2, 0.25) is 0 Å². The fourth-order valence-electron chi connectivity index (χ4n) is 3.56. The molecule has 0 radical (unpaired) electrons. The molecule has 3 aromatic carbocycles. The predicted molar refractivity (Wildman–Crippen MR) is 115 cm³/mol. The van der Waals surface area contributed by atoms with Crippen LogP contribution in [0.4, 0.5) is 11.4 Å². The molecule has 0 spiro atoms. The van der Waals surface area contributed by atoms with Crippen molar-refractivity contribution in [1.82, 2.24) is 0 Å². The summed E-state index contributed by atoms with van der Waals surface area (Å²) in [6, 6.07) is 20.2. The number of fused-ring (bicyclic) bond motifs is 1. The van der Waals surface area contributed by atoms with Gasteiger partial charge in [0.25, 0.3) is 15.9 Å². The quantitative estimate of drug-likeness (QED) is 0.655. The lowest BCUT2D eigenvalue weighted by Gasteiger charge is -2.24. The summed E-state index contributed by atoms with van der Waals surface area (Å²) in [6.07, 6.45) is 0.536. The summed E-state index contributed by atoms with van der Waals surface area (Å²) in [5.74, 6) is -0.231. The molecule has 0 saturated carbocycles. The SMILES string of the molecule is C[C@@H]1Cc2cc(C(=O)Nc3ccccc3)ccc2N1S(=O)(=O)c1ccc(Cl)cc1. The van der Waals surface area contributed by atoms with Crippen molar-refractivity contribution in [3.63, 3.8) is 0 Å². The lowest BCUT2D eigenvalue weighted by molar-refractivity contribution is 0.102. The van der Waals surface area contributed by atoms with Gasteiger partial charge in [-0.25, -0.2) is 8.42 Å². The smallest absolute Gasteiger partial charge is 0.264 e. The van der Waals surface area contributed by atoms with Crippen molar-refractivity contribution in [3.8, 4) is 0 Å². The molecule has 5 nitrogen and oxygen atoms in total. The lowest BCUT2D eigenvalue weighted by atomic mass is 10.1. The van der Waals surface area contributed by atoms with Crippen molar-refractivity contribution in [2.75, 3.05) is 9.62 Å². The largest absolute Gasteiger partial charge is 0.322 e. The predicted octanol–water partition coefficient (Wildman–Crippen LogP) is 4.73. The van der Waals surface area contributed by atoms with E-state index in [-0.39, 0.29) is 16.8 Å². The number of sulfonamides is 1. The number of para-hydroxylation sites is 1. The maximum atomic E-state index is 13.2. The summed E-state index contributed by atoms with van der Waals surface area (Å²) in [6.45, 7) is 1.86. The molecule has 29 heavy (non-hydrogen) atoms. The second kappa shape index (κ2) is 7.54. The number of nitrogens with one attached hydrogen (secondary N) is 1. The minimum atomic E-state index is -3.73. The number of benzene rings is 3. The molecule has 0 bridgehead atoms. The number of hydrogen-bond donors (Lipinski definition) is 1. The molecular weight excluding hydrogens is 408 g/mol. The minimum Gasteiger partial charge on any atom is -0.322 e. The number of carbonyl (C=O) groups excluding carboxylic acids is 1. The van der Waals surface area contributed by atoms with Crippen molar-refractivity contribution >= 4 is 38.9 Å². The normalized spacial score (nSPS) is 15.8. The molecule has 1 heterocycles. The average Bonchev–Trinajstić information content (AvgIpc) is 3.04. The molecule has 0 unspecified atom stereocenters. The van der Waals surface area contributed by atoms with Crippen LogP contribution in [0.15, 0.2) is 77.7 Å². The number of hydrogen-bond acceptors (Lipinski definition) is 3. The summed E-state index contributed by atoms with van der Waals surface area (Å²) in [5, 5.41) is 3.33. The molecule has 0 aromatic heterocycles. The highest BCUT2D eigenvalue weighted by atomic mass is 35.5. The summed E-state index contributed by atoms with van der Waals surface area (Å²) in [5.41, 5.74) is 2.63. The first-order valence-electron chi connectivity index (χ1n) is 9.15. The molecule has 4 rings (SSSR count). The van der Waals surface area contributed by atoms with Gasteiger partial charge in [-0.15, -0.1) is 0 Å². The molecule has 0 aliphatic carbocycles. The van der Waals surface area contributed by atoms with Crippen LogP contribution in [0.25, 0.3) is 0 Å². The van der Waals surface area contributed by atoms with E-state index >= 15 is 0 Å². The summed E-state index contributed by atoms with van der Waals surface area (Å²) in [4.78, 5) is 12.8. The molecule has 1 atom stereocenters. The van der Waals surface area contributed by atoms with Crippen LogP contribution in [0.3, 0.4) is 0 Å². The zero-order valence-corrected chi connectivity index (χ0v) is 17.2. The zero-order valence-electron chi connectivity index (χ0n) is 15.7. The van der Waals surface area contributed by atoms with E-state index in [1.165, 1.54) is 16.4 Å². The van der Waals surface area contributed by atoms with Crippen LogP contribution in [-0.2, 0) is 16.4 Å². The number of rotatable bonds is 4. The third kappa shape index (κ3) is 3.73. The van der Waals surface area contributed by atoms with Gasteiger partial charge < -0.3 is 5.32 Å². The molecule has 7 heteroatoms. The van der Waals surface area contributed by atoms with Gasteiger partial charge in [-0.05, 0) is 73.5 Å². The Morgan fingerprint density at radius 1 is 1.03 bits per heavy atom. The standard InChI is InChI=1S/C22H19ClN2O3S/c1-15-13-17-14-16(22(26)24-19-5-3-2-4-6-19)7-12-21(17)25(15)29(27,28)20-10-8-18(23)9-11-20/h2-12,14-15H,13H2,1H3,(H,24,26)/t15-/m1/s1. The summed E-state index contributed by atoms with van der Waals surface area (Å²) >= 11 is 5.89. The molecule has 148 valence electrons. The maximum Gasteiger partial charge on any atom is 0.264 e. The Hall–Kier alpha value is -2.83. The fraction of sp³-hybridized carbons (Fsp3) is 0.136. The van der Waals surface area contributed by atoms with Crippen LogP contribution in [0.1, 0.15) is 22.8 Å². The topological polar surface area (TPSA) is 66.5 Å². The Balaban J connectivity index is 1.64. The zero-order chi connectivity index (χ0) is 20.6. The van der Waals surface area contributed by atoms with Crippen LogP contribution < -0.4 is 9.62 Å². The van der Waals surface area contributed by atoms with Crippen molar-refractivity contribution in [3.05, 3.63) is 88.9 Å². The maximum absolute atomic E-state index is 13.2. The van der Waals surface area contributed by atoms with E-state index < -0.39 is 10.0 Å². The fourth-order valence-corrected chi connectivity index (χ4v) is 5.37. The van der Waals surface area contributed by atoms with E-state index in [1.54, 1.807) is 30.3 Å². The molecule has 1 aliphatic heterocycles. The van der Waals surface area contributed by atoms with E-state index in [1.807, 2.05) is 37.3 Å². The molecule has 1 N–H and O–H groups in total. The Bertz CT molecular complexity index is 1160. The van der Waals surface area contributed by atoms with Crippen molar-refractivity contribution in [2.24, 2.45) is 0 Å². The number of nitrogens with zero attached hydrogens (tertiary/aromatic N) is 1. The van der Waals surface area contributed by atoms with Crippen LogP contribution >= 0.6 is 11.6 Å². The molecule has 3 aromatic rings. The third-order valence-corrected chi connectivity index (χ3v) is 7.09. The van der Waals surface area contributed by atoms with Crippen LogP contribution in [0.2, 0.25) is 5.02 Å². The molecular formula is C22H19ClN2O3S. The van der Waals surface area contributed by atoms with Gasteiger partial charge in [0, 0.05) is 22.3 Å². The van der Waals surface area contributed by atoms with Crippen molar-refractivity contribution < 1.29 is 13.2 Å². The number of halogens is 1. The Kier molecular flexibility index (Phi) is 5.06. The monoisotopic (exact) mass is 426 g/mol. The van der Waals surface area contributed by atoms with Gasteiger partial charge >= 0.3 is 0 Å². The first-order valence-corrected chi connectivity index (χ1v) is 11.0. The van der Waals surface area contributed by atoms with E-state index in [4.69, 9.17) is 11.6 Å². The number of amides is 1. The Morgan fingerprint density at radius 2 is 1.72 bits per heavy atom. The minimum absolute atomic E-state index is 0.187. The average molecular weight is 427 g/mol. The van der Waals surface area contributed by atoms with E-state index in [2.05, 4.69) is 5.32 Å². The van der Waals surface area contributed by atoms with Gasteiger partial charge in [0.15, 0.2) is 0 Å². The van der Waals surface area contributed by atoms with Gasteiger partial charge in [0.1, 0.15) is 0 Å². The van der Waals surface area contributed by atoms with Gasteiger partial charge in [-0.3, -0.25) is 9.10 Å². The molecule has 1 aliphatic rings. The van der Waals surface area contributed by atoms with Gasteiger partial charge in [-0.1, -0.05) is 29.8 Å². The van der Waals surface area contributed by atoms with Crippen LogP contribution in [-0.4, -0.2) is 20.4 Å². The Labute approximate surface area is 175 Å². The first-order chi connectivity index (χ1) is 13.9. The highest BCUT2D eigenvalue weighted by molar-refractivity contribution is 7.92. The lowest BCUT2D eigenvalue weighted by Crippen LogP contribution is -2.35. The highest BCUT2D eigenvalue weighted by Gasteiger charge is 2.36. The van der Waals surface area contributed by atoms with Gasteiger partial charge in [0.05, 0.1) is 10.6 Å². The molecule has 0 saturated heterocycles. The number of anilines is 2. The molecule has 1 amide bonds. The van der Waals surface area contributed by atoms with Gasteiger partial charge in [-0.2, -0.15) is 0 Å². The van der Waals surface area contributed by atoms with Crippen LogP contribution in [0.5, 0.6) is 0 Å². The second-order valence-electron chi connectivity index (χ2n) is 6.97. The van der Waals surface area contributed by atoms with Crippen molar-refractivity contribution in [2.45, 2.75) is 24.3 Å². The Morgan fingerprint density at radius 3 is 2.41 bits per heavy atom. The second-order valence-corrected chi connectivity index (χ2v) is 9.22. The molecule has 0 fully saturated rings. The summed E-state index contributed by atoms with van der Waals surface area (Å²) in [7, 11) is -3.73. The van der Waals surface area contributed by atoms with E-state index in [0.29, 0.717) is 28.4 Å². The van der Waals surface area contributed by atoms with E-state index in [9.17, 15) is 13.2 Å². The van der Waals surface area contributed by atoms with Crippen molar-refractivity contribution in [1.29, 1.82) is 0 Å².